The molecule has 1 atom stereocenters. The third-order valence-corrected chi connectivity index (χ3v) is 6.54. The molecular formula is C26H33ClN2O3. The molecule has 32 heavy (non-hydrogen) atoms. The average Bonchev–Trinajstić information content (AvgIpc) is 2.79. The fourth-order valence-electron chi connectivity index (χ4n) is 4.04. The zero-order chi connectivity index (χ0) is 23.1. The predicted molar refractivity (Wildman–Crippen MR) is 128 cm³/mol. The molecule has 5 nitrogen and oxygen atoms in total. The van der Waals surface area contributed by atoms with Crippen LogP contribution < -0.4 is 10.1 Å². The van der Waals surface area contributed by atoms with Gasteiger partial charge in [-0.3, -0.25) is 9.59 Å². The molecule has 0 bridgehead atoms. The number of carbonyl (C=O) groups is 2. The maximum atomic E-state index is 13.2. The fraction of sp³-hybridized carbons (Fsp3) is 0.462. The molecule has 172 valence electrons. The standard InChI is InChI=1S/C26H33ClN2O3/c1-18-8-7-11-24(19(18)2)32-17-25(30)29(16-21-12-14-22(27)15-13-21)20(3)26(31)28-23-9-5-4-6-10-23/h7-8,11-15,20,23H,4-6,9-10,16-17H2,1-3H3,(H,28,31). The van der Waals surface area contributed by atoms with E-state index in [0.29, 0.717) is 17.3 Å². The summed E-state index contributed by atoms with van der Waals surface area (Å²) in [5.74, 6) is 0.335. The summed E-state index contributed by atoms with van der Waals surface area (Å²) in [6.45, 7) is 5.95. The van der Waals surface area contributed by atoms with E-state index in [2.05, 4.69) is 5.32 Å². The number of aryl methyl sites for hydroxylation is 1. The highest BCUT2D eigenvalue weighted by molar-refractivity contribution is 6.30. The summed E-state index contributed by atoms with van der Waals surface area (Å²) in [5, 5.41) is 3.78. The molecule has 2 aromatic rings. The Morgan fingerprint density at radius 2 is 1.78 bits per heavy atom. The molecule has 1 aliphatic carbocycles. The number of carbonyl (C=O) groups excluding carboxylic acids is 2. The van der Waals surface area contributed by atoms with E-state index in [1.54, 1.807) is 24.0 Å². The van der Waals surface area contributed by atoms with Gasteiger partial charge in [0.25, 0.3) is 5.91 Å². The molecule has 2 amide bonds. The van der Waals surface area contributed by atoms with Crippen molar-refractivity contribution in [1.82, 2.24) is 10.2 Å². The smallest absolute Gasteiger partial charge is 0.261 e. The highest BCUT2D eigenvalue weighted by Crippen LogP contribution is 2.22. The van der Waals surface area contributed by atoms with Crippen LogP contribution in [-0.2, 0) is 16.1 Å². The van der Waals surface area contributed by atoms with Crippen LogP contribution in [-0.4, -0.2) is 35.4 Å². The van der Waals surface area contributed by atoms with Crippen molar-refractivity contribution in [3.8, 4) is 5.75 Å². The fourth-order valence-corrected chi connectivity index (χ4v) is 4.17. The van der Waals surface area contributed by atoms with Crippen LogP contribution in [0.15, 0.2) is 42.5 Å². The van der Waals surface area contributed by atoms with E-state index in [4.69, 9.17) is 16.3 Å². The second-order valence-electron chi connectivity index (χ2n) is 8.65. The highest BCUT2D eigenvalue weighted by Gasteiger charge is 2.28. The van der Waals surface area contributed by atoms with Crippen molar-refractivity contribution in [2.45, 2.75) is 71.5 Å². The first-order valence-electron chi connectivity index (χ1n) is 11.4. The van der Waals surface area contributed by atoms with E-state index in [1.807, 2.05) is 44.2 Å². The molecule has 2 aromatic carbocycles. The van der Waals surface area contributed by atoms with Crippen molar-refractivity contribution in [1.29, 1.82) is 0 Å². The van der Waals surface area contributed by atoms with Crippen molar-refractivity contribution >= 4 is 23.4 Å². The summed E-state index contributed by atoms with van der Waals surface area (Å²) in [6, 6.07) is 12.7. The summed E-state index contributed by atoms with van der Waals surface area (Å²) < 4.78 is 5.85. The van der Waals surface area contributed by atoms with E-state index in [0.717, 1.165) is 42.4 Å². The molecule has 1 aliphatic rings. The lowest BCUT2D eigenvalue weighted by atomic mass is 9.95. The molecule has 0 saturated heterocycles. The van der Waals surface area contributed by atoms with Crippen molar-refractivity contribution in [3.63, 3.8) is 0 Å². The van der Waals surface area contributed by atoms with Gasteiger partial charge in [-0.1, -0.05) is 55.1 Å². The summed E-state index contributed by atoms with van der Waals surface area (Å²) in [4.78, 5) is 27.8. The Hall–Kier alpha value is -2.53. The van der Waals surface area contributed by atoms with Gasteiger partial charge >= 0.3 is 0 Å². The summed E-state index contributed by atoms with van der Waals surface area (Å²) in [7, 11) is 0. The first-order chi connectivity index (χ1) is 15.3. The lowest BCUT2D eigenvalue weighted by Gasteiger charge is -2.31. The Balaban J connectivity index is 1.72. The number of amides is 2. The molecular weight excluding hydrogens is 424 g/mol. The summed E-state index contributed by atoms with van der Waals surface area (Å²) >= 11 is 6.01. The maximum Gasteiger partial charge on any atom is 0.261 e. The normalized spacial score (nSPS) is 15.1. The minimum absolute atomic E-state index is 0.119. The third-order valence-electron chi connectivity index (χ3n) is 6.29. The van der Waals surface area contributed by atoms with Crippen molar-refractivity contribution in [2.75, 3.05) is 6.61 Å². The molecule has 0 heterocycles. The second-order valence-corrected chi connectivity index (χ2v) is 9.09. The van der Waals surface area contributed by atoms with E-state index < -0.39 is 6.04 Å². The maximum absolute atomic E-state index is 13.2. The Morgan fingerprint density at radius 3 is 2.47 bits per heavy atom. The molecule has 3 rings (SSSR count). The van der Waals surface area contributed by atoms with Gasteiger partial charge in [-0.05, 0) is 68.5 Å². The van der Waals surface area contributed by atoms with E-state index in [-0.39, 0.29) is 24.5 Å². The molecule has 1 fully saturated rings. The number of hydrogen-bond donors (Lipinski definition) is 1. The Bertz CT molecular complexity index is 923. The minimum Gasteiger partial charge on any atom is -0.483 e. The number of hydrogen-bond acceptors (Lipinski definition) is 3. The summed E-state index contributed by atoms with van der Waals surface area (Å²) in [5.41, 5.74) is 3.02. The first-order valence-corrected chi connectivity index (χ1v) is 11.8. The van der Waals surface area contributed by atoms with Gasteiger partial charge in [0.1, 0.15) is 11.8 Å². The highest BCUT2D eigenvalue weighted by atomic mass is 35.5. The zero-order valence-corrected chi connectivity index (χ0v) is 20.0. The Morgan fingerprint density at radius 1 is 1.09 bits per heavy atom. The van der Waals surface area contributed by atoms with E-state index in [1.165, 1.54) is 6.42 Å². The first kappa shape index (κ1) is 24.1. The van der Waals surface area contributed by atoms with Crippen molar-refractivity contribution in [3.05, 3.63) is 64.2 Å². The number of ether oxygens (including phenoxy) is 1. The number of nitrogens with zero attached hydrogens (tertiary/aromatic N) is 1. The Kier molecular flexibility index (Phi) is 8.57. The number of nitrogens with one attached hydrogen (secondary N) is 1. The minimum atomic E-state index is -0.609. The molecule has 0 aromatic heterocycles. The lowest BCUT2D eigenvalue weighted by molar-refractivity contribution is -0.142. The lowest BCUT2D eigenvalue weighted by Crippen LogP contribution is -2.51. The van der Waals surface area contributed by atoms with Gasteiger partial charge < -0.3 is 15.0 Å². The number of halogens is 1. The van der Waals surface area contributed by atoms with Crippen LogP contribution in [0.4, 0.5) is 0 Å². The van der Waals surface area contributed by atoms with Gasteiger partial charge in [0, 0.05) is 17.6 Å². The van der Waals surface area contributed by atoms with E-state index >= 15 is 0 Å². The Labute approximate surface area is 196 Å². The van der Waals surface area contributed by atoms with Crippen molar-refractivity contribution < 1.29 is 14.3 Å². The number of rotatable bonds is 8. The SMILES string of the molecule is Cc1cccc(OCC(=O)N(Cc2ccc(Cl)cc2)C(C)C(=O)NC2CCCCC2)c1C. The molecule has 0 spiro atoms. The predicted octanol–water partition coefficient (Wildman–Crippen LogP) is 5.20. The quantitative estimate of drug-likeness (QED) is 0.593. The van der Waals surface area contributed by atoms with Gasteiger partial charge in [-0.25, -0.2) is 0 Å². The zero-order valence-electron chi connectivity index (χ0n) is 19.2. The third kappa shape index (κ3) is 6.49. The second kappa shape index (κ2) is 11.4. The molecule has 1 saturated carbocycles. The molecule has 6 heteroatoms. The van der Waals surface area contributed by atoms with Gasteiger partial charge in [0.05, 0.1) is 0 Å². The van der Waals surface area contributed by atoms with Gasteiger partial charge in [0.2, 0.25) is 5.91 Å². The topological polar surface area (TPSA) is 58.6 Å². The van der Waals surface area contributed by atoms with E-state index in [9.17, 15) is 9.59 Å². The molecule has 0 aliphatic heterocycles. The molecule has 0 radical (unpaired) electrons. The van der Waals surface area contributed by atoms with Crippen LogP contribution >= 0.6 is 11.6 Å². The van der Waals surface area contributed by atoms with Crippen LogP contribution in [0.5, 0.6) is 5.75 Å². The van der Waals surface area contributed by atoms with Crippen LogP contribution in [0, 0.1) is 13.8 Å². The monoisotopic (exact) mass is 456 g/mol. The summed E-state index contributed by atoms with van der Waals surface area (Å²) in [6.07, 6.45) is 5.49. The van der Waals surface area contributed by atoms with Gasteiger partial charge in [0.15, 0.2) is 6.61 Å². The van der Waals surface area contributed by atoms with Gasteiger partial charge in [-0.15, -0.1) is 0 Å². The van der Waals surface area contributed by atoms with Crippen LogP contribution in [0.2, 0.25) is 5.02 Å². The number of benzene rings is 2. The average molecular weight is 457 g/mol. The van der Waals surface area contributed by atoms with Crippen LogP contribution in [0.25, 0.3) is 0 Å². The molecule has 1 unspecified atom stereocenters. The largest absolute Gasteiger partial charge is 0.483 e. The van der Waals surface area contributed by atoms with Crippen LogP contribution in [0.3, 0.4) is 0 Å². The van der Waals surface area contributed by atoms with Crippen molar-refractivity contribution in [2.24, 2.45) is 0 Å². The van der Waals surface area contributed by atoms with Gasteiger partial charge in [-0.2, -0.15) is 0 Å². The van der Waals surface area contributed by atoms with Crippen LogP contribution in [0.1, 0.15) is 55.7 Å². The molecule has 1 N–H and O–H groups in total.